The number of thioether (sulfide) groups is 1. The van der Waals surface area contributed by atoms with Crippen LogP contribution in [-0.4, -0.2) is 41.1 Å². The molecule has 0 saturated carbocycles. The molecule has 1 saturated heterocycles. The summed E-state index contributed by atoms with van der Waals surface area (Å²) in [4.78, 5) is 2.19. The molecule has 4 rings (SSSR count). The summed E-state index contributed by atoms with van der Waals surface area (Å²) in [6.45, 7) is 4.98. The molecular formula is C20H20ClFN4OS. The van der Waals surface area contributed by atoms with E-state index in [1.165, 1.54) is 23.9 Å². The molecule has 1 aliphatic rings. The first-order valence-electron chi connectivity index (χ1n) is 9.04. The van der Waals surface area contributed by atoms with Crippen LogP contribution in [0.25, 0.3) is 5.69 Å². The minimum Gasteiger partial charge on any atom is -0.378 e. The fourth-order valence-electron chi connectivity index (χ4n) is 3.13. The predicted molar refractivity (Wildman–Crippen MR) is 110 cm³/mol. The van der Waals surface area contributed by atoms with Crippen molar-refractivity contribution >= 4 is 29.3 Å². The highest BCUT2D eigenvalue weighted by Gasteiger charge is 2.22. The third-order valence-electron chi connectivity index (χ3n) is 4.64. The smallest absolute Gasteiger partial charge is 0.232 e. The Balaban J connectivity index is 1.68. The highest BCUT2D eigenvalue weighted by atomic mass is 35.5. The first-order valence-corrected chi connectivity index (χ1v) is 10.4. The largest absolute Gasteiger partial charge is 0.378 e. The van der Waals surface area contributed by atoms with E-state index < -0.39 is 0 Å². The lowest BCUT2D eigenvalue weighted by Gasteiger charge is -2.28. The number of hydrogen-bond donors (Lipinski definition) is 0. The average Bonchev–Trinajstić information content (AvgIpc) is 3.12. The van der Waals surface area contributed by atoms with Gasteiger partial charge in [-0.1, -0.05) is 47.6 Å². The molecule has 2 aromatic carbocycles. The van der Waals surface area contributed by atoms with Crippen LogP contribution in [0.3, 0.4) is 0 Å². The van der Waals surface area contributed by atoms with E-state index in [-0.39, 0.29) is 5.82 Å². The van der Waals surface area contributed by atoms with E-state index in [0.717, 1.165) is 41.0 Å². The quantitative estimate of drug-likeness (QED) is 0.571. The number of ether oxygens (including phenoxy) is 1. The van der Waals surface area contributed by atoms with Crippen molar-refractivity contribution in [1.82, 2.24) is 14.8 Å². The molecule has 2 heterocycles. The van der Waals surface area contributed by atoms with Crippen LogP contribution in [0.5, 0.6) is 0 Å². The third-order valence-corrected chi connectivity index (χ3v) is 5.97. The van der Waals surface area contributed by atoms with Crippen LogP contribution in [0.2, 0.25) is 5.02 Å². The number of morpholine rings is 1. The number of nitrogens with zero attached hydrogens (tertiary/aromatic N) is 4. The summed E-state index contributed by atoms with van der Waals surface area (Å²) in [5.74, 6) is 1.05. The van der Waals surface area contributed by atoms with E-state index in [1.807, 2.05) is 12.1 Å². The molecule has 146 valence electrons. The Morgan fingerprint density at radius 2 is 1.93 bits per heavy atom. The highest BCUT2D eigenvalue weighted by Crippen LogP contribution is 2.32. The minimum absolute atomic E-state index is 0.337. The van der Waals surface area contributed by atoms with Crippen LogP contribution < -0.4 is 4.90 Å². The molecule has 1 fully saturated rings. The zero-order valence-corrected chi connectivity index (χ0v) is 17.0. The maximum atomic E-state index is 13.3. The average molecular weight is 419 g/mol. The van der Waals surface area contributed by atoms with Crippen molar-refractivity contribution in [2.45, 2.75) is 17.8 Å². The van der Waals surface area contributed by atoms with Crippen molar-refractivity contribution in [3.8, 4) is 5.69 Å². The Morgan fingerprint density at radius 3 is 2.68 bits per heavy atom. The summed E-state index contributed by atoms with van der Waals surface area (Å²) in [7, 11) is 0. The summed E-state index contributed by atoms with van der Waals surface area (Å²) in [6.07, 6.45) is 0. The van der Waals surface area contributed by atoms with E-state index in [4.69, 9.17) is 16.3 Å². The van der Waals surface area contributed by atoms with Gasteiger partial charge in [-0.05, 0) is 36.2 Å². The lowest BCUT2D eigenvalue weighted by atomic mass is 10.2. The summed E-state index contributed by atoms with van der Waals surface area (Å²) in [5, 5.41) is 10.1. The second-order valence-corrected chi connectivity index (χ2v) is 7.88. The highest BCUT2D eigenvalue weighted by molar-refractivity contribution is 7.98. The first-order chi connectivity index (χ1) is 13.6. The zero-order chi connectivity index (χ0) is 19.5. The standard InChI is InChI=1S/C20H20ClFN4OS/c1-14-4-2-3-5-18(14)26-19(25-8-10-27-11-9-25)23-24-20(26)28-13-15-6-7-16(22)12-17(15)21/h2-7,12H,8-11,13H2,1H3. The number of hydrogen-bond acceptors (Lipinski definition) is 5. The third kappa shape index (κ3) is 4.01. The Labute approximate surface area is 172 Å². The van der Waals surface area contributed by atoms with Gasteiger partial charge < -0.3 is 9.64 Å². The molecule has 0 spiro atoms. The summed E-state index contributed by atoms with van der Waals surface area (Å²) in [5.41, 5.74) is 3.04. The Hall–Kier alpha value is -2.09. The molecule has 8 heteroatoms. The zero-order valence-electron chi connectivity index (χ0n) is 15.4. The number of halogens is 2. The molecule has 0 unspecified atom stereocenters. The van der Waals surface area contributed by atoms with Gasteiger partial charge in [0.1, 0.15) is 5.82 Å². The van der Waals surface area contributed by atoms with Crippen LogP contribution in [0.1, 0.15) is 11.1 Å². The van der Waals surface area contributed by atoms with E-state index in [9.17, 15) is 4.39 Å². The molecule has 5 nitrogen and oxygen atoms in total. The Bertz CT molecular complexity index is 975. The number of aromatic nitrogens is 3. The minimum atomic E-state index is -0.337. The van der Waals surface area contributed by atoms with Gasteiger partial charge in [-0.25, -0.2) is 4.39 Å². The van der Waals surface area contributed by atoms with E-state index in [2.05, 4.69) is 38.7 Å². The summed E-state index contributed by atoms with van der Waals surface area (Å²) < 4.78 is 20.9. The van der Waals surface area contributed by atoms with Crippen LogP contribution >= 0.6 is 23.4 Å². The number of aryl methyl sites for hydroxylation is 1. The van der Waals surface area contributed by atoms with E-state index >= 15 is 0 Å². The van der Waals surface area contributed by atoms with Gasteiger partial charge in [-0.2, -0.15) is 0 Å². The Kier molecular flexibility index (Phi) is 5.85. The normalized spacial score (nSPS) is 14.5. The number of benzene rings is 2. The fourth-order valence-corrected chi connectivity index (χ4v) is 4.39. The summed E-state index contributed by atoms with van der Waals surface area (Å²) >= 11 is 7.72. The summed E-state index contributed by atoms with van der Waals surface area (Å²) in [6, 6.07) is 12.6. The molecular weight excluding hydrogens is 399 g/mol. The number of para-hydroxylation sites is 1. The molecule has 0 radical (unpaired) electrons. The molecule has 0 N–H and O–H groups in total. The number of rotatable bonds is 5. The van der Waals surface area contributed by atoms with Crippen LogP contribution in [0, 0.1) is 12.7 Å². The van der Waals surface area contributed by atoms with Crippen molar-refractivity contribution in [3.05, 3.63) is 64.4 Å². The Morgan fingerprint density at radius 1 is 1.14 bits per heavy atom. The van der Waals surface area contributed by atoms with Crippen LogP contribution in [0.4, 0.5) is 10.3 Å². The van der Waals surface area contributed by atoms with Gasteiger partial charge in [0.15, 0.2) is 5.16 Å². The van der Waals surface area contributed by atoms with Crippen molar-refractivity contribution in [3.63, 3.8) is 0 Å². The molecule has 0 atom stereocenters. The van der Waals surface area contributed by atoms with Crippen molar-refractivity contribution < 1.29 is 9.13 Å². The van der Waals surface area contributed by atoms with Crippen LogP contribution in [-0.2, 0) is 10.5 Å². The van der Waals surface area contributed by atoms with Crippen molar-refractivity contribution in [2.24, 2.45) is 0 Å². The van der Waals surface area contributed by atoms with Crippen molar-refractivity contribution in [2.75, 3.05) is 31.2 Å². The second kappa shape index (κ2) is 8.51. The first kappa shape index (κ1) is 19.2. The molecule has 1 aromatic heterocycles. The van der Waals surface area contributed by atoms with Gasteiger partial charge >= 0.3 is 0 Å². The van der Waals surface area contributed by atoms with Gasteiger partial charge in [-0.15, -0.1) is 10.2 Å². The van der Waals surface area contributed by atoms with Crippen molar-refractivity contribution in [1.29, 1.82) is 0 Å². The predicted octanol–water partition coefficient (Wildman–Crippen LogP) is 4.50. The monoisotopic (exact) mass is 418 g/mol. The molecule has 0 amide bonds. The lowest BCUT2D eigenvalue weighted by Crippen LogP contribution is -2.38. The van der Waals surface area contributed by atoms with Gasteiger partial charge in [0, 0.05) is 23.9 Å². The maximum absolute atomic E-state index is 13.3. The van der Waals surface area contributed by atoms with E-state index in [0.29, 0.717) is 24.0 Å². The van der Waals surface area contributed by atoms with E-state index in [1.54, 1.807) is 6.07 Å². The molecule has 0 aliphatic carbocycles. The van der Waals surface area contributed by atoms with Gasteiger partial charge in [0.2, 0.25) is 5.95 Å². The molecule has 1 aliphatic heterocycles. The topological polar surface area (TPSA) is 43.2 Å². The van der Waals surface area contributed by atoms with Gasteiger partial charge in [-0.3, -0.25) is 4.57 Å². The van der Waals surface area contributed by atoms with Gasteiger partial charge in [0.05, 0.1) is 18.9 Å². The SMILES string of the molecule is Cc1ccccc1-n1c(SCc2ccc(F)cc2Cl)nnc1N1CCOCC1. The lowest BCUT2D eigenvalue weighted by molar-refractivity contribution is 0.122. The van der Waals surface area contributed by atoms with Crippen LogP contribution in [0.15, 0.2) is 47.6 Å². The molecule has 3 aromatic rings. The second-order valence-electron chi connectivity index (χ2n) is 6.53. The molecule has 28 heavy (non-hydrogen) atoms. The fraction of sp³-hybridized carbons (Fsp3) is 0.300. The number of anilines is 1. The van der Waals surface area contributed by atoms with Gasteiger partial charge in [0.25, 0.3) is 0 Å². The maximum Gasteiger partial charge on any atom is 0.232 e. The molecule has 0 bridgehead atoms.